The Balaban J connectivity index is 1.66. The number of amides is 1. The van der Waals surface area contributed by atoms with Crippen LogP contribution in [0.5, 0.6) is 11.5 Å². The first-order valence-corrected chi connectivity index (χ1v) is 10.5. The third-order valence-corrected chi connectivity index (χ3v) is 5.71. The number of para-hydroxylation sites is 1. The van der Waals surface area contributed by atoms with Gasteiger partial charge >= 0.3 is 12.4 Å². The molecule has 0 radical (unpaired) electrons. The van der Waals surface area contributed by atoms with Gasteiger partial charge in [-0.3, -0.25) is 4.79 Å². The lowest BCUT2D eigenvalue weighted by molar-refractivity contribution is -0.173. The number of carbonyl (C=O) groups excluding carboxylic acids is 1. The number of methoxy groups -OCH3 is 2. The van der Waals surface area contributed by atoms with Crippen molar-refractivity contribution in [1.82, 2.24) is 9.78 Å². The summed E-state index contributed by atoms with van der Waals surface area (Å²) >= 11 is 0. The average molecular weight is 514 g/mol. The fourth-order valence-electron chi connectivity index (χ4n) is 4.00. The van der Waals surface area contributed by atoms with Crippen molar-refractivity contribution in [2.45, 2.75) is 30.9 Å². The fourth-order valence-corrected chi connectivity index (χ4v) is 4.00. The molecule has 0 fully saturated rings. The largest absolute Gasteiger partial charge is 0.493 e. The summed E-state index contributed by atoms with van der Waals surface area (Å²) in [4.78, 5) is 12.7. The predicted molar refractivity (Wildman–Crippen MR) is 117 cm³/mol. The molecule has 0 saturated heterocycles. The SMILES string of the molecule is COc1ccc(C2CC(C(F)(F)F)n3nc(C(=O)Nc4ccccc4C(F)(F)F)cc3N2)cc1OC. The molecule has 2 unspecified atom stereocenters. The minimum Gasteiger partial charge on any atom is -0.493 e. The molecule has 36 heavy (non-hydrogen) atoms. The number of alkyl halides is 6. The number of ether oxygens (including phenoxy) is 2. The molecule has 1 aliphatic heterocycles. The maximum atomic E-state index is 14.0. The topological polar surface area (TPSA) is 77.4 Å². The van der Waals surface area contributed by atoms with Gasteiger partial charge < -0.3 is 20.1 Å². The number of rotatable bonds is 5. The monoisotopic (exact) mass is 514 g/mol. The molecule has 7 nitrogen and oxygen atoms in total. The van der Waals surface area contributed by atoms with Crippen LogP contribution in [0.25, 0.3) is 0 Å². The summed E-state index contributed by atoms with van der Waals surface area (Å²) in [6.07, 6.45) is -9.91. The molecule has 2 heterocycles. The van der Waals surface area contributed by atoms with Crippen molar-refractivity contribution in [2.75, 3.05) is 24.9 Å². The number of hydrogen-bond acceptors (Lipinski definition) is 5. The molecule has 4 rings (SSSR count). The van der Waals surface area contributed by atoms with E-state index in [0.29, 0.717) is 21.7 Å². The Labute approximate surface area is 201 Å². The number of anilines is 2. The second-order valence-corrected chi connectivity index (χ2v) is 7.96. The van der Waals surface area contributed by atoms with Crippen molar-refractivity contribution in [3.63, 3.8) is 0 Å². The van der Waals surface area contributed by atoms with Crippen molar-refractivity contribution in [3.8, 4) is 11.5 Å². The van der Waals surface area contributed by atoms with Crippen LogP contribution in [0.4, 0.5) is 37.8 Å². The molecule has 2 N–H and O–H groups in total. The fraction of sp³-hybridized carbons (Fsp3) is 0.304. The predicted octanol–water partition coefficient (Wildman–Crippen LogP) is 5.83. The number of nitrogens with zero attached hydrogens (tertiary/aromatic N) is 2. The lowest BCUT2D eigenvalue weighted by Gasteiger charge is -2.33. The molecule has 0 spiro atoms. The second kappa shape index (κ2) is 9.28. The van der Waals surface area contributed by atoms with E-state index >= 15 is 0 Å². The van der Waals surface area contributed by atoms with E-state index in [1.54, 1.807) is 12.1 Å². The molecule has 0 aliphatic carbocycles. The van der Waals surface area contributed by atoms with Gasteiger partial charge in [-0.2, -0.15) is 31.4 Å². The number of fused-ring (bicyclic) bond motifs is 1. The van der Waals surface area contributed by atoms with Gasteiger partial charge in [-0.25, -0.2) is 4.68 Å². The van der Waals surface area contributed by atoms with Gasteiger partial charge in [-0.1, -0.05) is 18.2 Å². The van der Waals surface area contributed by atoms with Gasteiger partial charge in [0, 0.05) is 12.5 Å². The average Bonchev–Trinajstić information content (AvgIpc) is 3.26. The van der Waals surface area contributed by atoms with Crippen LogP contribution in [0.15, 0.2) is 48.5 Å². The lowest BCUT2D eigenvalue weighted by atomic mass is 9.96. The zero-order valence-electron chi connectivity index (χ0n) is 18.9. The van der Waals surface area contributed by atoms with Crippen LogP contribution in [0, 0.1) is 0 Å². The zero-order chi connectivity index (χ0) is 26.3. The number of carbonyl (C=O) groups is 1. The molecule has 1 aromatic heterocycles. The highest BCUT2D eigenvalue weighted by atomic mass is 19.4. The van der Waals surface area contributed by atoms with Crippen molar-refractivity contribution >= 4 is 17.4 Å². The summed E-state index contributed by atoms with van der Waals surface area (Å²) in [6, 6.07) is 7.09. The number of benzene rings is 2. The first-order valence-electron chi connectivity index (χ1n) is 10.5. The third-order valence-electron chi connectivity index (χ3n) is 5.71. The highest BCUT2D eigenvalue weighted by molar-refractivity contribution is 6.03. The molecule has 13 heteroatoms. The minimum absolute atomic E-state index is 0.113. The zero-order valence-corrected chi connectivity index (χ0v) is 18.9. The quantitative estimate of drug-likeness (QED) is 0.419. The molecule has 1 aliphatic rings. The Morgan fingerprint density at radius 1 is 1.03 bits per heavy atom. The summed E-state index contributed by atoms with van der Waals surface area (Å²) in [5.74, 6) is -0.480. The first kappa shape index (κ1) is 25.2. The minimum atomic E-state index is -4.74. The van der Waals surface area contributed by atoms with E-state index in [1.807, 2.05) is 0 Å². The normalized spacial score (nSPS) is 17.7. The Morgan fingerprint density at radius 2 is 1.72 bits per heavy atom. The Kier molecular flexibility index (Phi) is 6.50. The van der Waals surface area contributed by atoms with Crippen molar-refractivity contribution in [3.05, 3.63) is 65.4 Å². The Morgan fingerprint density at radius 3 is 2.36 bits per heavy atom. The molecule has 1 amide bonds. The Hall–Kier alpha value is -3.90. The molecule has 0 bridgehead atoms. The second-order valence-electron chi connectivity index (χ2n) is 7.96. The number of halogens is 6. The lowest BCUT2D eigenvalue weighted by Crippen LogP contribution is -2.35. The number of nitrogens with one attached hydrogen (secondary N) is 2. The first-order chi connectivity index (χ1) is 16.9. The van der Waals surface area contributed by atoms with E-state index in [-0.39, 0.29) is 5.82 Å². The summed E-state index contributed by atoms with van der Waals surface area (Å²) in [7, 11) is 2.82. The summed E-state index contributed by atoms with van der Waals surface area (Å²) in [6.45, 7) is 0. The van der Waals surface area contributed by atoms with E-state index in [4.69, 9.17) is 9.47 Å². The molecular weight excluding hydrogens is 494 g/mol. The number of hydrogen-bond donors (Lipinski definition) is 2. The van der Waals surface area contributed by atoms with Crippen molar-refractivity contribution in [1.29, 1.82) is 0 Å². The maximum absolute atomic E-state index is 14.0. The van der Waals surface area contributed by atoms with E-state index in [1.165, 1.54) is 26.4 Å². The summed E-state index contributed by atoms with van der Waals surface area (Å²) < 4.78 is 92.6. The summed E-state index contributed by atoms with van der Waals surface area (Å²) in [5, 5.41) is 8.79. The molecule has 2 aromatic carbocycles. The standard InChI is InChI=1S/C23H20F6N4O3/c1-35-17-8-7-12(9-18(17)36-2)15-10-19(23(27,28)29)33-20(30-15)11-16(32-33)21(34)31-14-6-4-3-5-13(14)22(24,25)26/h3-9,11,15,19,30H,10H2,1-2H3,(H,31,34). The van der Waals surface area contributed by atoms with Crippen LogP contribution in [-0.2, 0) is 6.18 Å². The molecule has 0 saturated carbocycles. The molecule has 192 valence electrons. The molecular formula is C23H20F6N4O3. The van der Waals surface area contributed by atoms with Gasteiger partial charge in [-0.05, 0) is 29.8 Å². The molecule has 3 aromatic rings. The van der Waals surface area contributed by atoms with Crippen LogP contribution in [0.3, 0.4) is 0 Å². The van der Waals surface area contributed by atoms with Gasteiger partial charge in [0.05, 0.1) is 31.5 Å². The van der Waals surface area contributed by atoms with Gasteiger partial charge in [0.2, 0.25) is 0 Å². The third kappa shape index (κ3) is 4.90. The van der Waals surface area contributed by atoms with E-state index < -0.39 is 53.7 Å². The Bertz CT molecular complexity index is 1270. The maximum Gasteiger partial charge on any atom is 0.418 e. The van der Waals surface area contributed by atoms with Crippen LogP contribution >= 0.6 is 0 Å². The van der Waals surface area contributed by atoms with Crippen LogP contribution in [-0.4, -0.2) is 36.1 Å². The van der Waals surface area contributed by atoms with E-state index in [9.17, 15) is 31.1 Å². The van der Waals surface area contributed by atoms with Gasteiger partial charge in [0.15, 0.2) is 23.2 Å². The highest BCUT2D eigenvalue weighted by Gasteiger charge is 2.47. The smallest absolute Gasteiger partial charge is 0.418 e. The molecule has 2 atom stereocenters. The van der Waals surface area contributed by atoms with Gasteiger partial charge in [0.1, 0.15) is 5.82 Å². The van der Waals surface area contributed by atoms with E-state index in [0.717, 1.165) is 24.3 Å². The highest BCUT2D eigenvalue weighted by Crippen LogP contribution is 2.45. The van der Waals surface area contributed by atoms with Crippen LogP contribution in [0.1, 0.15) is 40.1 Å². The summed E-state index contributed by atoms with van der Waals surface area (Å²) in [5.41, 5.74) is -1.64. The van der Waals surface area contributed by atoms with Gasteiger partial charge in [-0.15, -0.1) is 0 Å². The number of aromatic nitrogens is 2. The van der Waals surface area contributed by atoms with E-state index in [2.05, 4.69) is 15.7 Å². The van der Waals surface area contributed by atoms with Crippen molar-refractivity contribution < 1.29 is 40.6 Å². The van der Waals surface area contributed by atoms with Crippen LogP contribution < -0.4 is 20.1 Å². The van der Waals surface area contributed by atoms with Gasteiger partial charge in [0.25, 0.3) is 5.91 Å². The van der Waals surface area contributed by atoms with Crippen LogP contribution in [0.2, 0.25) is 0 Å². The van der Waals surface area contributed by atoms with Crippen molar-refractivity contribution in [2.24, 2.45) is 0 Å².